The van der Waals surface area contributed by atoms with Crippen molar-refractivity contribution < 1.29 is 31.8 Å². The van der Waals surface area contributed by atoms with Gasteiger partial charge in [0, 0.05) is 23.2 Å². The van der Waals surface area contributed by atoms with Crippen molar-refractivity contribution in [2.75, 3.05) is 14.2 Å². The predicted molar refractivity (Wildman–Crippen MR) is 125 cm³/mol. The third-order valence-corrected chi connectivity index (χ3v) is 5.49. The van der Waals surface area contributed by atoms with Gasteiger partial charge in [-0.05, 0) is 42.0 Å². The fourth-order valence-electron chi connectivity index (χ4n) is 3.58. The summed E-state index contributed by atoms with van der Waals surface area (Å²) < 4.78 is 62.9. The molecule has 3 aromatic carbocycles. The number of alkyl halides is 3. The van der Waals surface area contributed by atoms with Crippen molar-refractivity contribution >= 4 is 5.91 Å². The summed E-state index contributed by atoms with van der Waals surface area (Å²) >= 11 is 0. The Hall–Kier alpha value is -4.34. The van der Waals surface area contributed by atoms with Crippen LogP contribution in [0.4, 0.5) is 17.6 Å². The van der Waals surface area contributed by atoms with Crippen molar-refractivity contribution in [3.8, 4) is 34.1 Å². The average molecular weight is 499 g/mol. The highest BCUT2D eigenvalue weighted by molar-refractivity contribution is 5.94. The third-order valence-electron chi connectivity index (χ3n) is 5.49. The quantitative estimate of drug-likeness (QED) is 0.313. The lowest BCUT2D eigenvalue weighted by atomic mass is 10.1. The van der Waals surface area contributed by atoms with Crippen LogP contribution in [0.3, 0.4) is 0 Å². The Morgan fingerprint density at radius 3 is 2.42 bits per heavy atom. The Labute approximate surface area is 203 Å². The van der Waals surface area contributed by atoms with E-state index in [0.29, 0.717) is 35.0 Å². The van der Waals surface area contributed by atoms with Crippen LogP contribution >= 0.6 is 0 Å². The van der Waals surface area contributed by atoms with Gasteiger partial charge in [-0.2, -0.15) is 13.2 Å². The summed E-state index contributed by atoms with van der Waals surface area (Å²) in [5.41, 5.74) is 1.25. The molecule has 1 aromatic heterocycles. The molecule has 186 valence electrons. The Morgan fingerprint density at radius 1 is 1.00 bits per heavy atom. The topological polar surface area (TPSA) is 76.2 Å². The minimum atomic E-state index is -4.89. The number of benzene rings is 3. The van der Waals surface area contributed by atoms with Crippen LogP contribution in [-0.2, 0) is 12.7 Å². The molecule has 0 spiro atoms. The van der Waals surface area contributed by atoms with Crippen LogP contribution in [0, 0.1) is 5.82 Å². The number of ether oxygens (including phenoxy) is 2. The highest BCUT2D eigenvalue weighted by Crippen LogP contribution is 2.34. The molecule has 0 aliphatic heterocycles. The van der Waals surface area contributed by atoms with Gasteiger partial charge in [0.2, 0.25) is 0 Å². The van der Waals surface area contributed by atoms with E-state index in [1.165, 1.54) is 0 Å². The second kappa shape index (κ2) is 10.1. The van der Waals surface area contributed by atoms with Crippen LogP contribution in [0.5, 0.6) is 11.5 Å². The SMILES string of the molecule is COc1ccc(OC)c(-c2cnc(-c3ccc(CNC(=O)c4ccc(F)c(C(F)(F)F)c4)cc3)[nH]2)c1. The van der Waals surface area contributed by atoms with Gasteiger partial charge in [-0.3, -0.25) is 4.79 Å². The van der Waals surface area contributed by atoms with Gasteiger partial charge in [0.1, 0.15) is 23.1 Å². The number of nitrogens with one attached hydrogen (secondary N) is 2. The van der Waals surface area contributed by atoms with Crippen LogP contribution in [0.1, 0.15) is 21.5 Å². The summed E-state index contributed by atoms with van der Waals surface area (Å²) in [6, 6.07) is 14.7. The maximum absolute atomic E-state index is 13.5. The molecular weight excluding hydrogens is 478 g/mol. The lowest BCUT2D eigenvalue weighted by molar-refractivity contribution is -0.140. The zero-order valence-corrected chi connectivity index (χ0v) is 19.2. The Morgan fingerprint density at radius 2 is 1.75 bits per heavy atom. The number of carbonyl (C=O) groups is 1. The summed E-state index contributed by atoms with van der Waals surface area (Å²) in [7, 11) is 3.15. The molecule has 6 nitrogen and oxygen atoms in total. The van der Waals surface area contributed by atoms with Gasteiger partial charge in [-0.1, -0.05) is 24.3 Å². The van der Waals surface area contributed by atoms with Crippen molar-refractivity contribution in [1.82, 2.24) is 15.3 Å². The molecule has 0 unspecified atom stereocenters. The summed E-state index contributed by atoms with van der Waals surface area (Å²) in [6.07, 6.45) is -3.21. The van der Waals surface area contributed by atoms with E-state index >= 15 is 0 Å². The van der Waals surface area contributed by atoms with Crippen molar-refractivity contribution in [2.45, 2.75) is 12.7 Å². The second-order valence-electron chi connectivity index (χ2n) is 7.78. The van der Waals surface area contributed by atoms with Crippen LogP contribution in [0.25, 0.3) is 22.6 Å². The van der Waals surface area contributed by atoms with E-state index in [9.17, 15) is 22.4 Å². The Kier molecular flexibility index (Phi) is 6.96. The van der Waals surface area contributed by atoms with E-state index in [2.05, 4.69) is 15.3 Å². The smallest absolute Gasteiger partial charge is 0.419 e. The molecule has 0 aliphatic rings. The van der Waals surface area contributed by atoms with Crippen LogP contribution in [0.15, 0.2) is 66.9 Å². The number of H-pyrrole nitrogens is 1. The maximum Gasteiger partial charge on any atom is 0.419 e. The number of carbonyl (C=O) groups excluding carboxylic acids is 1. The van der Waals surface area contributed by atoms with Gasteiger partial charge >= 0.3 is 6.18 Å². The number of aromatic nitrogens is 2. The van der Waals surface area contributed by atoms with E-state index in [1.807, 2.05) is 6.07 Å². The molecule has 0 saturated heterocycles. The van der Waals surface area contributed by atoms with E-state index in [4.69, 9.17) is 9.47 Å². The molecule has 0 atom stereocenters. The predicted octanol–water partition coefficient (Wildman–Crippen LogP) is 5.85. The number of methoxy groups -OCH3 is 2. The Bertz CT molecular complexity index is 1380. The summed E-state index contributed by atoms with van der Waals surface area (Å²) in [4.78, 5) is 20.0. The van der Waals surface area contributed by atoms with Crippen LogP contribution < -0.4 is 14.8 Å². The first-order valence-electron chi connectivity index (χ1n) is 10.7. The zero-order chi connectivity index (χ0) is 25.9. The van der Waals surface area contributed by atoms with Crippen molar-refractivity contribution in [3.05, 3.63) is 89.4 Å². The van der Waals surface area contributed by atoms with Gasteiger partial charge in [0.25, 0.3) is 5.91 Å². The van der Waals surface area contributed by atoms with Crippen LogP contribution in [0.2, 0.25) is 0 Å². The third kappa shape index (κ3) is 5.32. The Balaban J connectivity index is 1.45. The first kappa shape index (κ1) is 24.8. The fraction of sp³-hybridized carbons (Fsp3) is 0.154. The van der Waals surface area contributed by atoms with Gasteiger partial charge in [0.05, 0.1) is 31.7 Å². The molecule has 10 heteroatoms. The first-order chi connectivity index (χ1) is 17.2. The average Bonchev–Trinajstić information content (AvgIpc) is 3.37. The number of imidazole rings is 1. The number of hydrogen-bond donors (Lipinski definition) is 2. The highest BCUT2D eigenvalue weighted by Gasteiger charge is 2.34. The lowest BCUT2D eigenvalue weighted by Gasteiger charge is -2.11. The summed E-state index contributed by atoms with van der Waals surface area (Å²) in [6.45, 7) is 0.0717. The number of halogens is 4. The monoisotopic (exact) mass is 499 g/mol. The molecule has 1 amide bonds. The normalized spacial score (nSPS) is 11.3. The largest absolute Gasteiger partial charge is 0.497 e. The molecule has 4 rings (SSSR count). The molecule has 4 aromatic rings. The molecule has 0 fully saturated rings. The summed E-state index contributed by atoms with van der Waals surface area (Å²) in [5.74, 6) is -0.242. The number of nitrogens with zero attached hydrogens (tertiary/aromatic N) is 1. The van der Waals surface area contributed by atoms with Gasteiger partial charge in [-0.25, -0.2) is 9.37 Å². The first-order valence-corrected chi connectivity index (χ1v) is 10.7. The highest BCUT2D eigenvalue weighted by atomic mass is 19.4. The number of amides is 1. The van der Waals surface area contributed by atoms with E-state index in [-0.39, 0.29) is 12.1 Å². The van der Waals surface area contributed by atoms with Crippen molar-refractivity contribution in [1.29, 1.82) is 0 Å². The lowest BCUT2D eigenvalue weighted by Crippen LogP contribution is -2.23. The molecule has 0 bridgehead atoms. The number of hydrogen-bond acceptors (Lipinski definition) is 4. The minimum absolute atomic E-state index is 0.0717. The number of rotatable bonds is 7. The molecule has 36 heavy (non-hydrogen) atoms. The zero-order valence-electron chi connectivity index (χ0n) is 19.2. The fourth-order valence-corrected chi connectivity index (χ4v) is 3.58. The van der Waals surface area contributed by atoms with E-state index < -0.39 is 23.5 Å². The molecular formula is C26H21F4N3O3. The van der Waals surface area contributed by atoms with Gasteiger partial charge < -0.3 is 19.8 Å². The summed E-state index contributed by atoms with van der Waals surface area (Å²) in [5, 5.41) is 2.54. The van der Waals surface area contributed by atoms with E-state index in [1.54, 1.807) is 56.8 Å². The van der Waals surface area contributed by atoms with Gasteiger partial charge in [0.15, 0.2) is 0 Å². The molecule has 0 aliphatic carbocycles. The molecule has 2 N–H and O–H groups in total. The molecule has 1 heterocycles. The molecule has 0 saturated carbocycles. The van der Waals surface area contributed by atoms with Crippen molar-refractivity contribution in [2.24, 2.45) is 0 Å². The van der Waals surface area contributed by atoms with Crippen molar-refractivity contribution in [3.63, 3.8) is 0 Å². The second-order valence-corrected chi connectivity index (χ2v) is 7.78. The van der Waals surface area contributed by atoms with Gasteiger partial charge in [-0.15, -0.1) is 0 Å². The van der Waals surface area contributed by atoms with Crippen LogP contribution in [-0.4, -0.2) is 30.1 Å². The maximum atomic E-state index is 13.5. The number of aromatic amines is 1. The molecule has 0 radical (unpaired) electrons. The van der Waals surface area contributed by atoms with E-state index in [0.717, 1.165) is 22.9 Å². The standard InChI is InChI=1S/C26H21F4N3O3/c1-35-18-8-10-23(36-2)19(12-18)22-14-31-24(33-22)16-5-3-15(4-6-16)13-32-25(34)17-7-9-21(27)20(11-17)26(28,29)30/h3-12,14H,13H2,1-2H3,(H,31,33)(H,32,34). The minimum Gasteiger partial charge on any atom is -0.497 e.